The molecule has 32 heavy (non-hydrogen) atoms. The molecule has 4 rings (SSSR count). The van der Waals surface area contributed by atoms with Gasteiger partial charge in [0.05, 0.1) is 37.6 Å². The molecule has 1 aliphatic carbocycles. The molecule has 1 aliphatic heterocycles. The molecule has 1 saturated carbocycles. The number of aryl methyl sites for hydroxylation is 1. The van der Waals surface area contributed by atoms with Crippen molar-refractivity contribution in [2.45, 2.75) is 77.3 Å². The molecule has 176 valence electrons. The number of benzene rings is 2. The van der Waals surface area contributed by atoms with Crippen molar-refractivity contribution in [3.8, 4) is 5.75 Å². The number of hydrogen-bond donors (Lipinski definition) is 2. The summed E-state index contributed by atoms with van der Waals surface area (Å²) in [5, 5.41) is 19.6. The molecule has 2 aromatic carbocycles. The van der Waals surface area contributed by atoms with E-state index in [1.165, 1.54) is 29.5 Å². The first kappa shape index (κ1) is 24.7. The van der Waals surface area contributed by atoms with Gasteiger partial charge in [-0.2, -0.15) is 0 Å². The number of aliphatic hydroxyl groups excluding tert-OH is 2. The van der Waals surface area contributed by atoms with Crippen LogP contribution >= 0.6 is 0 Å². The van der Waals surface area contributed by atoms with Gasteiger partial charge < -0.3 is 24.4 Å². The zero-order chi connectivity index (χ0) is 22.9. The van der Waals surface area contributed by atoms with Crippen molar-refractivity contribution < 1.29 is 24.4 Å². The highest BCUT2D eigenvalue weighted by Gasteiger charge is 2.29. The first-order valence-corrected chi connectivity index (χ1v) is 12.0. The van der Waals surface area contributed by atoms with E-state index in [0.29, 0.717) is 32.2 Å². The van der Waals surface area contributed by atoms with Crippen molar-refractivity contribution in [3.05, 3.63) is 64.7 Å². The maximum Gasteiger partial charge on any atom is 0.119 e. The van der Waals surface area contributed by atoms with E-state index in [9.17, 15) is 10.2 Å². The summed E-state index contributed by atoms with van der Waals surface area (Å²) < 4.78 is 17.3. The van der Waals surface area contributed by atoms with E-state index in [4.69, 9.17) is 14.2 Å². The molecule has 2 N–H and O–H groups in total. The molecule has 5 heteroatoms. The summed E-state index contributed by atoms with van der Waals surface area (Å²) in [6, 6.07) is 14.6. The third kappa shape index (κ3) is 7.31. The molecule has 5 nitrogen and oxygen atoms in total. The van der Waals surface area contributed by atoms with Crippen molar-refractivity contribution in [2.75, 3.05) is 19.8 Å². The molecule has 0 amide bonds. The third-order valence-electron chi connectivity index (χ3n) is 5.87. The molecule has 3 atom stereocenters. The maximum atomic E-state index is 10.1. The second-order valence-electron chi connectivity index (χ2n) is 8.48. The average Bonchev–Trinajstić information content (AvgIpc) is 3.64. The molecular formula is C27H38O5. The van der Waals surface area contributed by atoms with Gasteiger partial charge in [-0.1, -0.05) is 44.2 Å². The smallest absolute Gasteiger partial charge is 0.119 e. The van der Waals surface area contributed by atoms with Gasteiger partial charge in [-0.25, -0.2) is 0 Å². The van der Waals surface area contributed by atoms with Crippen LogP contribution in [0.2, 0.25) is 0 Å². The lowest BCUT2D eigenvalue weighted by Gasteiger charge is -2.32. The standard InChI is InChI=1S/C25H32O5.C2H6/c1-17-2-5-19(25-15-21(27)14-24(16-26)30-25)13-20(17)12-18-3-6-22(7-4-18)28-10-11-29-23-8-9-23;1-2/h2-7,13,21,23-27H,8-12,14-16H2,1H3;1-2H3. The van der Waals surface area contributed by atoms with E-state index in [-0.39, 0.29) is 18.8 Å². The Morgan fingerprint density at radius 2 is 1.75 bits per heavy atom. The average molecular weight is 443 g/mol. The van der Waals surface area contributed by atoms with Crippen molar-refractivity contribution in [2.24, 2.45) is 0 Å². The van der Waals surface area contributed by atoms with Crippen LogP contribution in [0.5, 0.6) is 5.75 Å². The molecule has 0 bridgehead atoms. The second-order valence-corrected chi connectivity index (χ2v) is 8.48. The highest BCUT2D eigenvalue weighted by atomic mass is 16.5. The number of hydrogen-bond acceptors (Lipinski definition) is 5. The van der Waals surface area contributed by atoms with Crippen LogP contribution in [-0.4, -0.2) is 48.3 Å². The van der Waals surface area contributed by atoms with E-state index < -0.39 is 6.10 Å². The first-order valence-electron chi connectivity index (χ1n) is 12.0. The van der Waals surface area contributed by atoms with Gasteiger partial charge in [0.15, 0.2) is 0 Å². The van der Waals surface area contributed by atoms with Gasteiger partial charge in [-0.05, 0) is 60.6 Å². The fourth-order valence-corrected chi connectivity index (χ4v) is 3.94. The van der Waals surface area contributed by atoms with E-state index >= 15 is 0 Å². The molecule has 1 heterocycles. The summed E-state index contributed by atoms with van der Waals surface area (Å²) in [6.07, 6.45) is 3.80. The van der Waals surface area contributed by atoms with Crippen molar-refractivity contribution >= 4 is 0 Å². The monoisotopic (exact) mass is 442 g/mol. The lowest BCUT2D eigenvalue weighted by molar-refractivity contribution is -0.113. The molecule has 3 unspecified atom stereocenters. The second kappa shape index (κ2) is 12.4. The van der Waals surface area contributed by atoms with Crippen molar-refractivity contribution in [1.29, 1.82) is 0 Å². The Labute approximate surface area is 192 Å². The Morgan fingerprint density at radius 1 is 1.00 bits per heavy atom. The zero-order valence-corrected chi connectivity index (χ0v) is 19.6. The molecule has 2 fully saturated rings. The van der Waals surface area contributed by atoms with Gasteiger partial charge in [-0.3, -0.25) is 0 Å². The Balaban J connectivity index is 0.00000141. The van der Waals surface area contributed by atoms with Crippen LogP contribution in [0.1, 0.15) is 67.9 Å². The summed E-state index contributed by atoms with van der Waals surface area (Å²) >= 11 is 0. The van der Waals surface area contributed by atoms with Crippen molar-refractivity contribution in [3.63, 3.8) is 0 Å². The van der Waals surface area contributed by atoms with Gasteiger partial charge >= 0.3 is 0 Å². The molecule has 0 aromatic heterocycles. The highest BCUT2D eigenvalue weighted by molar-refractivity contribution is 5.38. The minimum atomic E-state index is -0.437. The fraction of sp³-hybridized carbons (Fsp3) is 0.556. The number of ether oxygens (including phenoxy) is 3. The number of aliphatic hydroxyl groups is 2. The Bertz CT molecular complexity index is 815. The molecule has 2 aliphatic rings. The van der Waals surface area contributed by atoms with Crippen LogP contribution in [-0.2, 0) is 15.9 Å². The van der Waals surface area contributed by atoms with E-state index in [2.05, 4.69) is 37.3 Å². The minimum absolute atomic E-state index is 0.0621. The molecule has 2 aromatic rings. The predicted molar refractivity (Wildman–Crippen MR) is 126 cm³/mol. The zero-order valence-electron chi connectivity index (χ0n) is 19.6. The van der Waals surface area contributed by atoms with Gasteiger partial charge in [0, 0.05) is 12.8 Å². The third-order valence-corrected chi connectivity index (χ3v) is 5.87. The SMILES string of the molecule is CC.Cc1ccc(C2CC(O)CC(CO)O2)cc1Cc1ccc(OCCOC2CC2)cc1. The van der Waals surface area contributed by atoms with Gasteiger partial charge in [0.25, 0.3) is 0 Å². The highest BCUT2D eigenvalue weighted by Crippen LogP contribution is 2.33. The lowest BCUT2D eigenvalue weighted by Crippen LogP contribution is -2.33. The largest absolute Gasteiger partial charge is 0.491 e. The lowest BCUT2D eigenvalue weighted by atomic mass is 9.92. The maximum absolute atomic E-state index is 10.1. The van der Waals surface area contributed by atoms with E-state index in [1.54, 1.807) is 0 Å². The minimum Gasteiger partial charge on any atom is -0.491 e. The number of rotatable bonds is 9. The topological polar surface area (TPSA) is 68.2 Å². The normalized spacial score (nSPS) is 22.7. The van der Waals surface area contributed by atoms with Crippen molar-refractivity contribution in [1.82, 2.24) is 0 Å². The van der Waals surface area contributed by atoms with Gasteiger partial charge in [-0.15, -0.1) is 0 Å². The van der Waals surface area contributed by atoms with Crippen LogP contribution in [0.3, 0.4) is 0 Å². The summed E-state index contributed by atoms with van der Waals surface area (Å²) in [5.41, 5.74) is 4.74. The summed E-state index contributed by atoms with van der Waals surface area (Å²) in [6.45, 7) is 7.28. The Kier molecular flexibility index (Phi) is 9.54. The summed E-state index contributed by atoms with van der Waals surface area (Å²) in [7, 11) is 0. The van der Waals surface area contributed by atoms with Crippen LogP contribution in [0.4, 0.5) is 0 Å². The van der Waals surface area contributed by atoms with Crippen LogP contribution in [0.25, 0.3) is 0 Å². The fourth-order valence-electron chi connectivity index (χ4n) is 3.94. The van der Waals surface area contributed by atoms with E-state index in [1.807, 2.05) is 26.0 Å². The molecule has 1 saturated heterocycles. The van der Waals surface area contributed by atoms with E-state index in [0.717, 1.165) is 17.7 Å². The molecule has 0 radical (unpaired) electrons. The first-order chi connectivity index (χ1) is 15.6. The molecule has 0 spiro atoms. The molecular weight excluding hydrogens is 404 g/mol. The summed E-state index contributed by atoms with van der Waals surface area (Å²) in [5.74, 6) is 0.864. The van der Waals surface area contributed by atoms with Gasteiger partial charge in [0.2, 0.25) is 0 Å². The Hall–Kier alpha value is -1.92. The Morgan fingerprint density at radius 3 is 2.44 bits per heavy atom. The van der Waals surface area contributed by atoms with Crippen LogP contribution in [0, 0.1) is 6.92 Å². The van der Waals surface area contributed by atoms with Crippen LogP contribution in [0.15, 0.2) is 42.5 Å². The predicted octanol–water partition coefficient (Wildman–Crippen LogP) is 4.74. The quantitative estimate of drug-likeness (QED) is 0.549. The summed E-state index contributed by atoms with van der Waals surface area (Å²) in [4.78, 5) is 0. The van der Waals surface area contributed by atoms with Gasteiger partial charge in [0.1, 0.15) is 12.4 Å². The van der Waals surface area contributed by atoms with Crippen LogP contribution < -0.4 is 4.74 Å².